The molecule has 0 aliphatic carbocycles. The summed E-state index contributed by atoms with van der Waals surface area (Å²) in [6.07, 6.45) is 7.54. The van der Waals surface area contributed by atoms with E-state index in [0.29, 0.717) is 19.1 Å². The van der Waals surface area contributed by atoms with Gasteiger partial charge in [-0.15, -0.1) is 53.5 Å². The number of anilines is 5. The summed E-state index contributed by atoms with van der Waals surface area (Å²) in [6.45, 7) is 16.4. The summed E-state index contributed by atoms with van der Waals surface area (Å²) in [5.74, 6) is 4.19. The van der Waals surface area contributed by atoms with Crippen molar-refractivity contribution < 1.29 is 139 Å². The third-order valence-corrected chi connectivity index (χ3v) is 18.3. The Balaban J connectivity index is -0.000000227. The van der Waals surface area contributed by atoms with E-state index in [1.165, 1.54) is 20.9 Å². The summed E-state index contributed by atoms with van der Waals surface area (Å²) < 4.78 is 48.1. The van der Waals surface area contributed by atoms with Gasteiger partial charge >= 0.3 is 0 Å². The van der Waals surface area contributed by atoms with Crippen molar-refractivity contribution >= 4 is 103 Å². The van der Waals surface area contributed by atoms with Crippen molar-refractivity contribution in [1.29, 1.82) is 0 Å². The Hall–Kier alpha value is -2.83. The molecule has 500 valence electrons. The van der Waals surface area contributed by atoms with Gasteiger partial charge in [0.1, 0.15) is 24.8 Å². The first-order valence-corrected chi connectivity index (χ1v) is 30.3. The van der Waals surface area contributed by atoms with E-state index in [1.807, 2.05) is 108 Å². The molecular weight excluding hydrogens is 2300 g/mol. The molecule has 2 unspecified atom stereocenters. The van der Waals surface area contributed by atoms with Crippen LogP contribution in [0.1, 0.15) is 26.3 Å². The number of halogens is 3. The van der Waals surface area contributed by atoms with E-state index in [4.69, 9.17) is 11.3 Å². The predicted octanol–water partition coefficient (Wildman–Crippen LogP) is 17.8. The molecule has 2 atom stereocenters. The molecule has 12 nitrogen and oxygen atoms in total. The van der Waals surface area contributed by atoms with Gasteiger partial charge in [0.25, 0.3) is 0 Å². The maximum Gasteiger partial charge on any atom is 0.162 e. The van der Waals surface area contributed by atoms with Crippen LogP contribution in [0.25, 0.3) is 4.85 Å². The van der Waals surface area contributed by atoms with E-state index in [9.17, 15) is 13.2 Å². The third kappa shape index (κ3) is 32.2. The van der Waals surface area contributed by atoms with E-state index in [-0.39, 0.29) is 190 Å². The Morgan fingerprint density at radius 3 is 1.76 bits per heavy atom. The van der Waals surface area contributed by atoms with E-state index in [1.54, 1.807) is 72.5 Å². The van der Waals surface area contributed by atoms with Gasteiger partial charge in [-0.25, -0.2) is 13.8 Å². The minimum absolute atomic E-state index is 0. The van der Waals surface area contributed by atoms with Crippen LogP contribution in [0.2, 0.25) is 0 Å². The number of para-hydroxylation sites is 2. The third-order valence-electron chi connectivity index (χ3n) is 10.9. The fourth-order valence-electron chi connectivity index (χ4n) is 6.84. The van der Waals surface area contributed by atoms with E-state index < -0.39 is 19.6 Å². The van der Waals surface area contributed by atoms with Crippen molar-refractivity contribution in [3.8, 4) is 0 Å². The topological polar surface area (TPSA) is 82.5 Å². The molecule has 0 bridgehead atoms. The normalized spacial score (nSPS) is 15.1. The van der Waals surface area contributed by atoms with Crippen LogP contribution in [0.4, 0.5) is 47.3 Å². The number of nitrogens with zero attached hydrogens (tertiary/aromatic N) is 11. The monoisotopic (exact) mass is 2370 g/mol. The van der Waals surface area contributed by atoms with Crippen molar-refractivity contribution in [2.75, 3.05) is 75.4 Å². The molecule has 6 heterocycles. The molecule has 12 rings (SSSR count). The first-order chi connectivity index (χ1) is 37.3. The minimum atomic E-state index is -0.695. The molecule has 0 amide bonds. The van der Waals surface area contributed by atoms with Crippen LogP contribution in [-0.2, 0) is 131 Å². The Bertz CT molecular complexity index is 3020. The van der Waals surface area contributed by atoms with Crippen molar-refractivity contribution in [2.45, 2.75) is 26.2 Å². The van der Waals surface area contributed by atoms with E-state index >= 15 is 0 Å². The Morgan fingerprint density at radius 1 is 0.652 bits per heavy atom. The zero-order valence-electron chi connectivity index (χ0n) is 50.9. The Morgan fingerprint density at radius 2 is 1.28 bits per heavy atom. The number of thioether (sulfide) groups is 2. The molecule has 0 spiro atoms. The first-order valence-electron chi connectivity index (χ1n) is 23.7. The number of benzene rings is 6. The summed E-state index contributed by atoms with van der Waals surface area (Å²) in [5, 5.41) is 19.4. The Kier molecular flexibility index (Phi) is 56.3. The summed E-state index contributed by atoms with van der Waals surface area (Å²) in [6, 6.07) is 55.4. The van der Waals surface area contributed by atoms with Gasteiger partial charge in [0.15, 0.2) is 6.73 Å². The van der Waals surface area contributed by atoms with Crippen molar-refractivity contribution in [3.05, 3.63) is 266 Å². The average molecular weight is 2370 g/mol. The van der Waals surface area contributed by atoms with Crippen LogP contribution >= 0.6 is 51.3 Å². The second-order valence-electron chi connectivity index (χ2n) is 17.6. The maximum absolute atomic E-state index is 13.2. The number of ether oxygens (including phenoxy) is 1. The molecule has 0 N–H and O–H groups in total. The van der Waals surface area contributed by atoms with Crippen LogP contribution in [0, 0.1) is 99.2 Å². The van der Waals surface area contributed by atoms with Gasteiger partial charge in [-0.05, 0) is 60.0 Å². The molecule has 6 aliphatic heterocycles. The SMILES string of the molecule is CC(C)(C)c1cc[c-]c(N2C=COC2)c1.CN1CN(c2[c-]cc(F)cc2F)N=N1.CP1CP(c2[c-]cccc2)C=C1F.[C-]#[N+]c1cc[c-]c(N2CSC=N2)c1.[CH3-].[CH3-].[CH3-].[CH3-].[CH3-].[CH3-].[Ir].[Ir].[Ir].[Ir].[Ir].[Ir].[c-]1ccccc1N1C=CSC1.[c-]1ccccc1N1C=NSC1. The summed E-state index contributed by atoms with van der Waals surface area (Å²) in [4.78, 5) is 9.62. The maximum atomic E-state index is 13.2. The summed E-state index contributed by atoms with van der Waals surface area (Å²) in [7, 11) is 0.831. The largest absolute Gasteiger partial charge is 0.479 e. The molecule has 0 saturated heterocycles. The smallest absolute Gasteiger partial charge is 0.162 e. The fraction of sp³-hybridized carbons (Fsp3) is 0.190. The molecule has 0 saturated carbocycles. The summed E-state index contributed by atoms with van der Waals surface area (Å²) in [5.41, 5.74) is 8.28. The molecule has 0 fully saturated rings. The molecule has 6 aromatic rings. The number of hydrogen-bond donors (Lipinski definition) is 0. The first kappa shape index (κ1) is 97.2. The zero-order valence-corrected chi connectivity index (χ0v) is 69.5. The molecule has 26 heteroatoms. The average Bonchev–Trinajstić information content (AvgIpc) is 3.59. The standard InChI is InChI=1S/C13H16NO.C10H10FP2.C9H6N3S.C9H8NS.C8H7F2N4.C8H7N2S.6CH3.6Ir/c1-13(2,3)11-5-4-6-12(9-11)14-7-8-15-10-14;1-12-8-13(7-10(12)11)9-5-3-2-4-6-9;1-10-8-3-2-4-9(5-8)12-7-13-6-11-12;1-2-4-9(5-3-1)10-6-7-11-8-10;1-13-5-14(12-11-13)8-3-2-6(9)4-7(8)10;1-2-4-8(5-3-1)10-6-9-11-7-10;;;;;;;;;;;;/h4-5,7-9H,10H2,1-3H3;2-5,7H,8H2,1H3;2-3,5-6H,7H2;1-4,6-7H,8H2;2,4H,5H2,1H3;1-4,6H,7H2;6*1H3;;;;;;/q12*-1;;;;;;. The Labute approximate surface area is 627 Å². The van der Waals surface area contributed by atoms with Crippen LogP contribution in [0.15, 0.2) is 177 Å². The van der Waals surface area contributed by atoms with E-state index in [0.717, 1.165) is 58.4 Å². The molecule has 0 aromatic heterocycles. The number of rotatable bonds is 6. The molecular formula is C63H72F3Ir6N11OP2S3-12. The van der Waals surface area contributed by atoms with Crippen LogP contribution in [0.5, 0.6) is 0 Å². The zero-order chi connectivity index (χ0) is 54.4. The van der Waals surface area contributed by atoms with Gasteiger partial charge in [-0.1, -0.05) is 68.4 Å². The number of hydrazone groups is 1. The van der Waals surface area contributed by atoms with Crippen molar-refractivity contribution in [2.24, 2.45) is 19.9 Å². The van der Waals surface area contributed by atoms with Gasteiger partial charge in [0.05, 0.1) is 35.4 Å². The van der Waals surface area contributed by atoms with Gasteiger partial charge in [0, 0.05) is 152 Å². The van der Waals surface area contributed by atoms with Crippen molar-refractivity contribution in [3.63, 3.8) is 0 Å². The minimum Gasteiger partial charge on any atom is -0.479 e. The second-order valence-corrected chi connectivity index (χ2v) is 24.6. The van der Waals surface area contributed by atoms with Crippen LogP contribution in [0.3, 0.4) is 0 Å². The van der Waals surface area contributed by atoms with Gasteiger partial charge in [0.2, 0.25) is 0 Å². The quantitative estimate of drug-likeness (QED) is 0.0913. The summed E-state index contributed by atoms with van der Waals surface area (Å²) >= 11 is 4.98. The molecule has 6 radical (unpaired) electrons. The predicted molar refractivity (Wildman–Crippen MR) is 357 cm³/mol. The second kappa shape index (κ2) is 51.6. The molecule has 6 aliphatic rings. The fourth-order valence-corrected chi connectivity index (χ4v) is 14.1. The van der Waals surface area contributed by atoms with Gasteiger partial charge < -0.3 is 64.0 Å². The van der Waals surface area contributed by atoms with Crippen molar-refractivity contribution in [1.82, 2.24) is 5.01 Å². The van der Waals surface area contributed by atoms with E-state index in [2.05, 4.69) is 122 Å². The van der Waals surface area contributed by atoms with Gasteiger partial charge in [-0.3, -0.25) is 23.6 Å². The number of hydrogen-bond acceptors (Lipinski definition) is 14. The molecule has 89 heavy (non-hydrogen) atoms. The molecule has 6 aromatic carbocycles. The van der Waals surface area contributed by atoms with Crippen LogP contribution in [-0.4, -0.2) is 67.5 Å². The van der Waals surface area contributed by atoms with Crippen LogP contribution < -0.4 is 30.0 Å². The van der Waals surface area contributed by atoms with Gasteiger partial charge in [-0.2, -0.15) is 132 Å².